The number of thiazole rings is 1. The number of fused-ring (bicyclic) bond motifs is 2. The van der Waals surface area contributed by atoms with Crippen LogP contribution in [0.3, 0.4) is 0 Å². The molecule has 0 saturated carbocycles. The molecule has 8 heterocycles. The van der Waals surface area contributed by atoms with Gasteiger partial charge in [-0.1, -0.05) is 55.4 Å². The van der Waals surface area contributed by atoms with E-state index in [1.54, 1.807) is 34.4 Å². The molecule has 2 aromatic carbocycles. The van der Waals surface area contributed by atoms with Gasteiger partial charge in [0, 0.05) is 94.4 Å². The number of phenols is 1. The largest absolute Gasteiger partial charge is 0.507 e. The van der Waals surface area contributed by atoms with Crippen molar-refractivity contribution in [3.8, 4) is 16.2 Å². The van der Waals surface area contributed by atoms with Crippen LogP contribution in [0.5, 0.6) is 5.75 Å². The monoisotopic (exact) mass is 1040 g/mol. The van der Waals surface area contributed by atoms with Crippen molar-refractivity contribution < 1.29 is 24.0 Å². The average Bonchev–Trinajstić information content (AvgIpc) is 4.24. The number of benzene rings is 2. The van der Waals surface area contributed by atoms with Crippen molar-refractivity contribution in [2.75, 3.05) is 83.5 Å². The number of ether oxygens (including phenoxy) is 1. The summed E-state index contributed by atoms with van der Waals surface area (Å²) in [4.78, 5) is 48.2. The number of morpholine rings is 1. The smallest absolute Gasteiger partial charge is 0.243 e. The Morgan fingerprint density at radius 1 is 0.867 bits per heavy atom. The highest BCUT2D eigenvalue weighted by Crippen LogP contribution is 2.37. The van der Waals surface area contributed by atoms with E-state index in [0.717, 1.165) is 137 Å². The van der Waals surface area contributed by atoms with E-state index in [1.807, 2.05) is 51.4 Å². The van der Waals surface area contributed by atoms with Crippen LogP contribution < -0.4 is 27.4 Å². The highest BCUT2D eigenvalue weighted by molar-refractivity contribution is 7.13. The van der Waals surface area contributed by atoms with Gasteiger partial charge in [-0.3, -0.25) is 19.4 Å². The van der Waals surface area contributed by atoms with E-state index in [0.29, 0.717) is 54.0 Å². The topological polar surface area (TPSA) is 212 Å². The number of piperidine rings is 2. The van der Waals surface area contributed by atoms with Crippen LogP contribution in [-0.4, -0.2) is 160 Å². The molecule has 4 aromatic rings. The number of nitrogens with one attached hydrogen (secondary N) is 1. The molecule has 8 N–H and O–H groups in total. The van der Waals surface area contributed by atoms with Crippen LogP contribution in [0, 0.1) is 18.8 Å². The summed E-state index contributed by atoms with van der Waals surface area (Å²) >= 11 is 1.63. The SMILES string of the molecule is Cc1ncsc1-c1ccc(C(C)NC(=O)C2CCCN2C(=O)C(c2cc(N3CCC(CN4CCC(N5CCOC(CN6C7CCC6CN(C(/C=C(\N)c6ccccc6O)=C(N)N)C7)C5)CC4)CC3)no2)C(C)C)cc1. The van der Waals surface area contributed by atoms with Gasteiger partial charge >= 0.3 is 0 Å². The molecular weight excluding hydrogens is 965 g/mol. The van der Waals surface area contributed by atoms with Crippen molar-refractivity contribution in [2.24, 2.45) is 29.0 Å². The van der Waals surface area contributed by atoms with Gasteiger partial charge in [-0.05, 0) is 119 Å². The van der Waals surface area contributed by atoms with Crippen molar-refractivity contribution in [1.82, 2.24) is 40.0 Å². The maximum Gasteiger partial charge on any atom is 0.243 e. The molecule has 17 nitrogen and oxygen atoms in total. The third-order valence-electron chi connectivity index (χ3n) is 17.3. The van der Waals surface area contributed by atoms with E-state index >= 15 is 0 Å². The van der Waals surface area contributed by atoms with Crippen molar-refractivity contribution in [2.45, 2.75) is 121 Å². The molecule has 6 fully saturated rings. The Labute approximate surface area is 447 Å². The van der Waals surface area contributed by atoms with Gasteiger partial charge in [0.15, 0.2) is 11.6 Å². The molecule has 0 aliphatic carbocycles. The molecule has 18 heteroatoms. The molecule has 2 bridgehead atoms. The van der Waals surface area contributed by atoms with Crippen LogP contribution in [0.15, 0.2) is 82.2 Å². The normalized spacial score (nSPS) is 24.5. The number of nitrogens with two attached hydrogens (primary N) is 3. The number of amides is 2. The van der Waals surface area contributed by atoms with Gasteiger partial charge in [0.25, 0.3) is 0 Å². The maximum absolute atomic E-state index is 14.4. The van der Waals surface area contributed by atoms with E-state index in [1.165, 1.54) is 12.8 Å². The zero-order valence-electron chi connectivity index (χ0n) is 44.5. The fraction of sp³-hybridized carbons (Fsp3) is 0.579. The Kier molecular flexibility index (Phi) is 16.4. The lowest BCUT2D eigenvalue weighted by Gasteiger charge is -2.46. The van der Waals surface area contributed by atoms with Gasteiger partial charge in [-0.25, -0.2) is 4.98 Å². The number of hydrogen-bond donors (Lipinski definition) is 5. The maximum atomic E-state index is 14.4. The molecule has 10 rings (SSSR count). The summed E-state index contributed by atoms with van der Waals surface area (Å²) in [5, 5.41) is 18.1. The van der Waals surface area contributed by atoms with Crippen molar-refractivity contribution in [1.29, 1.82) is 0 Å². The molecule has 2 aromatic heterocycles. The third kappa shape index (κ3) is 11.8. The number of aromatic nitrogens is 2. The van der Waals surface area contributed by atoms with E-state index in [-0.39, 0.29) is 41.4 Å². The number of aromatic hydroxyl groups is 1. The van der Waals surface area contributed by atoms with Crippen LogP contribution in [0.1, 0.15) is 107 Å². The summed E-state index contributed by atoms with van der Waals surface area (Å²) in [6.45, 7) is 19.1. The number of aryl methyl sites for hydroxylation is 1. The average molecular weight is 1050 g/mol. The minimum absolute atomic E-state index is 0.0347. The first-order chi connectivity index (χ1) is 36.3. The Balaban J connectivity index is 0.659. The second kappa shape index (κ2) is 23.3. The van der Waals surface area contributed by atoms with Crippen molar-refractivity contribution in [3.63, 3.8) is 0 Å². The number of para-hydroxylation sites is 1. The first-order valence-electron chi connectivity index (χ1n) is 27.7. The summed E-state index contributed by atoms with van der Waals surface area (Å²) in [5.41, 5.74) is 25.7. The molecule has 6 atom stereocenters. The molecular formula is C57H80N12O5S. The number of phenolic OH excluding ortho intramolecular Hbond substituents is 1. The fourth-order valence-electron chi connectivity index (χ4n) is 13.1. The zero-order chi connectivity index (χ0) is 52.3. The second-order valence-corrected chi connectivity index (χ2v) is 23.4. The lowest BCUT2D eigenvalue weighted by molar-refractivity contribution is -0.141. The van der Waals surface area contributed by atoms with E-state index in [4.69, 9.17) is 26.5 Å². The zero-order valence-corrected chi connectivity index (χ0v) is 45.3. The van der Waals surface area contributed by atoms with Crippen molar-refractivity contribution >= 4 is 34.7 Å². The predicted octanol–water partition coefficient (Wildman–Crippen LogP) is 6.04. The Morgan fingerprint density at radius 3 is 2.28 bits per heavy atom. The number of piperazine rings is 1. The highest BCUT2D eigenvalue weighted by atomic mass is 32.1. The van der Waals surface area contributed by atoms with Crippen LogP contribution in [0.25, 0.3) is 16.1 Å². The summed E-state index contributed by atoms with van der Waals surface area (Å²) in [6, 6.07) is 17.9. The summed E-state index contributed by atoms with van der Waals surface area (Å²) in [6.07, 6.45) is 10.2. The minimum Gasteiger partial charge on any atom is -0.507 e. The summed E-state index contributed by atoms with van der Waals surface area (Å²) in [5.74, 6) is 1.62. The number of anilines is 1. The number of carbonyl (C=O) groups excluding carboxylic acids is 2. The molecule has 6 unspecified atom stereocenters. The molecule has 6 saturated heterocycles. The van der Waals surface area contributed by atoms with Crippen LogP contribution in [0.2, 0.25) is 0 Å². The first-order valence-corrected chi connectivity index (χ1v) is 28.6. The number of rotatable bonds is 16. The van der Waals surface area contributed by atoms with Crippen LogP contribution in [-0.2, 0) is 14.3 Å². The van der Waals surface area contributed by atoms with Crippen LogP contribution >= 0.6 is 11.3 Å². The third-order valence-corrected chi connectivity index (χ3v) is 18.2. The predicted molar refractivity (Wildman–Crippen MR) is 294 cm³/mol. The van der Waals surface area contributed by atoms with Gasteiger partial charge in [-0.2, -0.15) is 0 Å². The Hall–Kier alpha value is -5.66. The molecule has 6 aliphatic heterocycles. The summed E-state index contributed by atoms with van der Waals surface area (Å²) < 4.78 is 12.5. The quantitative estimate of drug-likeness (QED) is 0.0811. The van der Waals surface area contributed by atoms with Gasteiger partial charge < -0.3 is 56.5 Å². The molecule has 404 valence electrons. The number of allylic oxidation sites excluding steroid dienone is 1. The number of nitrogens with zero attached hydrogens (tertiary/aromatic N) is 8. The van der Waals surface area contributed by atoms with Crippen molar-refractivity contribution in [3.05, 3.63) is 100 Å². The molecule has 0 spiro atoms. The molecule has 6 aliphatic rings. The van der Waals surface area contributed by atoms with Gasteiger partial charge in [0.2, 0.25) is 11.8 Å². The number of carbonyl (C=O) groups is 2. The van der Waals surface area contributed by atoms with Gasteiger partial charge in [-0.15, -0.1) is 11.3 Å². The Morgan fingerprint density at radius 2 is 1.60 bits per heavy atom. The minimum atomic E-state index is -0.526. The lowest BCUT2D eigenvalue weighted by Crippen LogP contribution is -2.58. The second-order valence-electron chi connectivity index (χ2n) is 22.5. The summed E-state index contributed by atoms with van der Waals surface area (Å²) in [7, 11) is 0. The molecule has 0 radical (unpaired) electrons. The van der Waals surface area contributed by atoms with E-state index < -0.39 is 12.0 Å². The number of likely N-dealkylation sites (tertiary alicyclic amines) is 3. The van der Waals surface area contributed by atoms with Gasteiger partial charge in [0.05, 0.1) is 40.5 Å². The Bertz CT molecular complexity index is 2640. The molecule has 75 heavy (non-hydrogen) atoms. The number of hydrogen-bond acceptors (Lipinski definition) is 16. The van der Waals surface area contributed by atoms with E-state index in [2.05, 4.69) is 64.2 Å². The molecule has 2 amide bonds. The first kappa shape index (κ1) is 52.8. The fourth-order valence-corrected chi connectivity index (χ4v) is 13.9. The standard InChI is InChI=1S/C57H80N12O5S/c1-36(2)53(57(72)68-21-7-9-48(68)56(71)62-37(3)40-11-13-41(14-12-40)54-38(4)61-35-75-54)51-29-52(63-74-51)65-24-17-39(18-25-65)30-64-22-19-42(20-23-64)66-26-27-73-45(33-66)34-69-43-15-16-44(69)32-67(31-43)49(55(59)60)28-47(58)46-8-5-6-10-50(46)70/h5-6,8,10-14,28-29,35-37,39,42-45,48,53,70H,7,9,15-27,30-34,58-60H2,1-4H3,(H,62,71)/b47-28-. The van der Waals surface area contributed by atoms with Gasteiger partial charge in [0.1, 0.15) is 23.5 Å². The lowest BCUT2D eigenvalue weighted by atomic mass is 9.91. The highest BCUT2D eigenvalue weighted by Gasteiger charge is 2.44. The van der Waals surface area contributed by atoms with E-state index in [9.17, 15) is 14.7 Å². The van der Waals surface area contributed by atoms with Crippen LogP contribution in [0.4, 0.5) is 5.82 Å².